The van der Waals surface area contributed by atoms with Crippen LogP contribution in [0.25, 0.3) is 0 Å². The number of nitrogens with zero attached hydrogens (tertiary/aromatic N) is 1. The number of carbonyl (C=O) groups is 1. The van der Waals surface area contributed by atoms with Crippen LogP contribution in [0, 0.1) is 0 Å². The first-order valence-corrected chi connectivity index (χ1v) is 2.62. The van der Waals surface area contributed by atoms with Crippen molar-refractivity contribution in [3.8, 4) is 0 Å². The molecule has 0 aromatic carbocycles. The number of hydrogen-bond acceptors (Lipinski definition) is 1. The third-order valence-corrected chi connectivity index (χ3v) is 1.10. The maximum absolute atomic E-state index is 12.4. The summed E-state index contributed by atoms with van der Waals surface area (Å²) < 4.78 is 24.0. The zero-order valence-corrected chi connectivity index (χ0v) is 6.06. The van der Waals surface area contributed by atoms with Gasteiger partial charge < -0.3 is 5.11 Å². The van der Waals surface area contributed by atoms with Crippen molar-refractivity contribution in [1.29, 1.82) is 0 Å². The van der Waals surface area contributed by atoms with E-state index in [4.69, 9.17) is 5.11 Å². The molecule has 0 radical (unpaired) electrons. The molecular weight excluding hydrogens is 144 g/mol. The lowest BCUT2D eigenvalue weighted by Gasteiger charge is -2.28. The molecule has 3 nitrogen and oxygen atoms in total. The van der Waals surface area contributed by atoms with Gasteiger partial charge in [-0.2, -0.15) is 0 Å². The molecule has 0 aromatic heterocycles. The summed E-state index contributed by atoms with van der Waals surface area (Å²) in [6.07, 6.45) is 0. The zero-order chi connectivity index (χ0) is 8.58. The normalized spacial score (nSPS) is 13.3. The molecule has 0 amide bonds. The van der Waals surface area contributed by atoms with Crippen LogP contribution in [0.2, 0.25) is 0 Å². The Kier molecular flexibility index (Phi) is 2.00. The van der Waals surface area contributed by atoms with E-state index in [-0.39, 0.29) is 0 Å². The van der Waals surface area contributed by atoms with Crippen LogP contribution in [-0.4, -0.2) is 42.7 Å². The van der Waals surface area contributed by atoms with Gasteiger partial charge in [0, 0.05) is 0 Å². The standard InChI is InChI=1S/C5H9F2NO2/c1-8(2,3)5(6,7)4(9)10/h1-3H3/p+1. The van der Waals surface area contributed by atoms with Crippen molar-refractivity contribution in [3.63, 3.8) is 0 Å². The predicted molar refractivity (Wildman–Crippen MR) is 30.6 cm³/mol. The number of carboxylic acids is 1. The highest BCUT2D eigenvalue weighted by Gasteiger charge is 2.53. The minimum absolute atomic E-state index is 0.900. The van der Waals surface area contributed by atoms with Crippen LogP contribution in [0.1, 0.15) is 0 Å². The quantitative estimate of drug-likeness (QED) is 0.461. The highest BCUT2D eigenvalue weighted by Crippen LogP contribution is 2.21. The number of likely N-dealkylation sites (N-methyl/N-ethyl adjacent to an activating group) is 1. The lowest BCUT2D eigenvalue weighted by atomic mass is 10.4. The molecule has 1 N–H and O–H groups in total. The van der Waals surface area contributed by atoms with Crippen molar-refractivity contribution in [2.45, 2.75) is 6.05 Å². The molecule has 0 saturated carbocycles. The lowest BCUT2D eigenvalue weighted by molar-refractivity contribution is -0.948. The van der Waals surface area contributed by atoms with Gasteiger partial charge >= 0.3 is 12.0 Å². The van der Waals surface area contributed by atoms with Gasteiger partial charge in [0.05, 0.1) is 21.1 Å². The first kappa shape index (κ1) is 9.29. The van der Waals surface area contributed by atoms with Crippen LogP contribution in [0.4, 0.5) is 8.78 Å². The lowest BCUT2D eigenvalue weighted by Crippen LogP contribution is -2.55. The Morgan fingerprint density at radius 3 is 1.70 bits per heavy atom. The van der Waals surface area contributed by atoms with Gasteiger partial charge in [0.25, 0.3) is 0 Å². The highest BCUT2D eigenvalue weighted by atomic mass is 19.3. The Morgan fingerprint density at radius 1 is 1.40 bits per heavy atom. The average Bonchev–Trinajstić information content (AvgIpc) is 1.62. The molecule has 0 bridgehead atoms. The molecule has 10 heavy (non-hydrogen) atoms. The van der Waals surface area contributed by atoms with E-state index in [2.05, 4.69) is 0 Å². The number of rotatable bonds is 2. The van der Waals surface area contributed by atoms with Crippen LogP contribution in [0.3, 0.4) is 0 Å². The fourth-order valence-electron chi connectivity index (χ4n) is 0.287. The van der Waals surface area contributed by atoms with E-state index >= 15 is 0 Å². The fourth-order valence-corrected chi connectivity index (χ4v) is 0.287. The molecule has 0 heterocycles. The van der Waals surface area contributed by atoms with Crippen molar-refractivity contribution in [2.75, 3.05) is 21.1 Å². The molecule has 0 fully saturated rings. The third kappa shape index (κ3) is 1.41. The monoisotopic (exact) mass is 154 g/mol. The van der Waals surface area contributed by atoms with Gasteiger partial charge in [-0.05, 0) is 0 Å². The molecule has 60 valence electrons. The summed E-state index contributed by atoms with van der Waals surface area (Å²) in [5.41, 5.74) is 0. The summed E-state index contributed by atoms with van der Waals surface area (Å²) in [5, 5.41) is 8.01. The van der Waals surface area contributed by atoms with Crippen LogP contribution in [0.5, 0.6) is 0 Å². The van der Waals surface area contributed by atoms with Crippen molar-refractivity contribution in [2.24, 2.45) is 0 Å². The molecule has 0 unspecified atom stereocenters. The highest BCUT2D eigenvalue weighted by molar-refractivity contribution is 5.73. The van der Waals surface area contributed by atoms with Crippen LogP contribution in [0.15, 0.2) is 0 Å². The number of alkyl halides is 2. The number of aliphatic carboxylic acids is 1. The first-order chi connectivity index (χ1) is 4.19. The molecule has 0 rings (SSSR count). The van der Waals surface area contributed by atoms with Crippen molar-refractivity contribution in [3.05, 3.63) is 0 Å². The first-order valence-electron chi connectivity index (χ1n) is 2.62. The largest absolute Gasteiger partial charge is 0.490 e. The topological polar surface area (TPSA) is 37.3 Å². The minimum Gasteiger partial charge on any atom is -0.472 e. The van der Waals surface area contributed by atoms with Gasteiger partial charge in [0.2, 0.25) is 0 Å². The zero-order valence-electron chi connectivity index (χ0n) is 6.06. The summed E-state index contributed by atoms with van der Waals surface area (Å²) in [5.74, 6) is -2.10. The van der Waals surface area contributed by atoms with E-state index in [0.29, 0.717) is 0 Å². The summed E-state index contributed by atoms with van der Waals surface area (Å²) in [6, 6.07) is -3.71. The Balaban J connectivity index is 4.57. The van der Waals surface area contributed by atoms with Gasteiger partial charge in [0.1, 0.15) is 0 Å². The van der Waals surface area contributed by atoms with Crippen LogP contribution in [-0.2, 0) is 4.79 Å². The summed E-state index contributed by atoms with van der Waals surface area (Å²) in [7, 11) is 3.36. The number of quaternary nitrogens is 1. The molecule has 0 aliphatic carbocycles. The molecule has 0 saturated heterocycles. The average molecular weight is 154 g/mol. The van der Waals surface area contributed by atoms with Crippen LogP contribution < -0.4 is 0 Å². The second kappa shape index (κ2) is 2.16. The predicted octanol–water partition coefficient (Wildman–Crippen LogP) is 0.370. The van der Waals surface area contributed by atoms with Gasteiger partial charge in [-0.3, -0.25) is 4.48 Å². The molecular formula is C5H10F2NO2+. The maximum atomic E-state index is 12.4. The third-order valence-electron chi connectivity index (χ3n) is 1.10. The molecule has 5 heteroatoms. The smallest absolute Gasteiger partial charge is 0.472 e. The Labute approximate surface area is 57.5 Å². The van der Waals surface area contributed by atoms with Crippen molar-refractivity contribution < 1.29 is 23.2 Å². The Hall–Kier alpha value is -0.710. The summed E-state index contributed by atoms with van der Waals surface area (Å²) in [6.45, 7) is 0. The molecule has 0 spiro atoms. The summed E-state index contributed by atoms with van der Waals surface area (Å²) >= 11 is 0. The SMILES string of the molecule is C[N+](C)(C)C(F)(F)C(=O)O. The fraction of sp³-hybridized carbons (Fsp3) is 0.800. The molecule has 0 aliphatic heterocycles. The van der Waals surface area contributed by atoms with Gasteiger partial charge in [-0.1, -0.05) is 0 Å². The van der Waals surface area contributed by atoms with E-state index in [0.717, 1.165) is 21.1 Å². The van der Waals surface area contributed by atoms with Crippen molar-refractivity contribution >= 4 is 5.97 Å². The molecule has 0 aliphatic rings. The number of hydrogen-bond donors (Lipinski definition) is 1. The Morgan fingerprint density at radius 2 is 1.70 bits per heavy atom. The summed E-state index contributed by atoms with van der Waals surface area (Å²) in [4.78, 5) is 9.90. The number of halogens is 2. The van der Waals surface area contributed by atoms with E-state index in [1.165, 1.54) is 0 Å². The van der Waals surface area contributed by atoms with Gasteiger partial charge in [0.15, 0.2) is 0 Å². The molecule has 0 atom stereocenters. The van der Waals surface area contributed by atoms with Gasteiger partial charge in [-0.15, -0.1) is 8.78 Å². The maximum Gasteiger partial charge on any atom is 0.490 e. The van der Waals surface area contributed by atoms with E-state index in [1.807, 2.05) is 0 Å². The van der Waals surface area contributed by atoms with E-state index in [1.54, 1.807) is 0 Å². The van der Waals surface area contributed by atoms with E-state index in [9.17, 15) is 13.6 Å². The van der Waals surface area contributed by atoms with Crippen molar-refractivity contribution in [1.82, 2.24) is 0 Å². The Bertz CT molecular complexity index is 150. The number of carboxylic acid groups (broad SMARTS) is 1. The van der Waals surface area contributed by atoms with Crippen LogP contribution >= 0.6 is 0 Å². The van der Waals surface area contributed by atoms with E-state index < -0.39 is 16.5 Å². The minimum atomic E-state index is -3.71. The van der Waals surface area contributed by atoms with Gasteiger partial charge in [-0.25, -0.2) is 4.79 Å². The molecule has 0 aromatic rings. The second-order valence-corrected chi connectivity index (χ2v) is 2.86. The second-order valence-electron chi connectivity index (χ2n) is 2.86.